The van der Waals surface area contributed by atoms with Crippen molar-refractivity contribution in [1.29, 1.82) is 0 Å². The van der Waals surface area contributed by atoms with Crippen LogP contribution in [0.2, 0.25) is 0 Å². The van der Waals surface area contributed by atoms with Gasteiger partial charge in [0.15, 0.2) is 0 Å². The summed E-state index contributed by atoms with van der Waals surface area (Å²) in [5.41, 5.74) is 1.28. The van der Waals surface area contributed by atoms with E-state index < -0.39 is 0 Å². The van der Waals surface area contributed by atoms with E-state index in [9.17, 15) is 4.79 Å². The third-order valence-electron chi connectivity index (χ3n) is 3.17. The number of amides is 1. The highest BCUT2D eigenvalue weighted by atomic mass is 32.2. The normalized spacial score (nSPS) is 29.2. The molecule has 3 rings (SSSR count). The van der Waals surface area contributed by atoms with Crippen molar-refractivity contribution in [1.82, 2.24) is 10.2 Å². The van der Waals surface area contributed by atoms with E-state index in [0.717, 1.165) is 13.1 Å². The van der Waals surface area contributed by atoms with Gasteiger partial charge in [0.2, 0.25) is 5.91 Å². The van der Waals surface area contributed by atoms with Crippen molar-refractivity contribution >= 4 is 17.7 Å². The minimum atomic E-state index is 0.281. The van der Waals surface area contributed by atoms with Crippen molar-refractivity contribution in [3.8, 4) is 0 Å². The molecule has 84 valence electrons. The maximum Gasteiger partial charge on any atom is 0.233 e. The van der Waals surface area contributed by atoms with Crippen LogP contribution in [0.5, 0.6) is 0 Å². The van der Waals surface area contributed by atoms with Gasteiger partial charge < -0.3 is 10.2 Å². The zero-order valence-corrected chi connectivity index (χ0v) is 9.74. The molecule has 2 atom stereocenters. The third kappa shape index (κ3) is 1.62. The summed E-state index contributed by atoms with van der Waals surface area (Å²) >= 11 is 1.75. The van der Waals surface area contributed by atoms with Crippen LogP contribution in [0.1, 0.15) is 11.6 Å². The fraction of sp³-hybridized carbons (Fsp3) is 0.417. The summed E-state index contributed by atoms with van der Waals surface area (Å²) in [6.45, 7) is 1.74. The summed E-state index contributed by atoms with van der Waals surface area (Å²) in [6, 6.07) is 10.7. The number of benzene rings is 1. The van der Waals surface area contributed by atoms with Gasteiger partial charge in [-0.25, -0.2) is 0 Å². The van der Waals surface area contributed by atoms with E-state index in [0.29, 0.717) is 5.75 Å². The van der Waals surface area contributed by atoms with Crippen molar-refractivity contribution < 1.29 is 4.79 Å². The van der Waals surface area contributed by atoms with E-state index in [-0.39, 0.29) is 17.3 Å². The van der Waals surface area contributed by atoms with Gasteiger partial charge in [0, 0.05) is 13.1 Å². The first-order chi connectivity index (χ1) is 7.86. The van der Waals surface area contributed by atoms with Crippen molar-refractivity contribution in [2.75, 3.05) is 18.8 Å². The van der Waals surface area contributed by atoms with Gasteiger partial charge in [0.25, 0.3) is 0 Å². The number of hydrogen-bond acceptors (Lipinski definition) is 3. The third-order valence-corrected chi connectivity index (χ3v) is 4.45. The molecule has 2 aliphatic rings. The predicted octanol–water partition coefficient (Wildman–Crippen LogP) is 1.23. The van der Waals surface area contributed by atoms with E-state index in [4.69, 9.17) is 0 Å². The summed E-state index contributed by atoms with van der Waals surface area (Å²) in [4.78, 5) is 13.7. The molecule has 2 aliphatic heterocycles. The molecule has 2 unspecified atom stereocenters. The Morgan fingerprint density at radius 1 is 1.31 bits per heavy atom. The van der Waals surface area contributed by atoms with E-state index in [1.807, 2.05) is 11.0 Å². The molecule has 1 aromatic rings. The number of rotatable bonds is 1. The molecule has 0 radical (unpaired) electrons. The molecule has 16 heavy (non-hydrogen) atoms. The Hall–Kier alpha value is -1.00. The lowest BCUT2D eigenvalue weighted by atomic mass is 10.0. The van der Waals surface area contributed by atoms with Gasteiger partial charge in [0.05, 0.1) is 17.2 Å². The number of nitrogens with zero attached hydrogens (tertiary/aromatic N) is 1. The van der Waals surface area contributed by atoms with Gasteiger partial charge in [-0.1, -0.05) is 30.3 Å². The molecule has 0 aromatic heterocycles. The minimum absolute atomic E-state index is 0.281. The van der Waals surface area contributed by atoms with E-state index in [1.54, 1.807) is 11.8 Å². The zero-order valence-electron chi connectivity index (χ0n) is 8.93. The van der Waals surface area contributed by atoms with Gasteiger partial charge in [-0.2, -0.15) is 0 Å². The van der Waals surface area contributed by atoms with Gasteiger partial charge >= 0.3 is 0 Å². The SMILES string of the molecule is O=C1CSC2C(c3ccccc3)NCCN12. The second-order valence-corrected chi connectivity index (χ2v) is 5.24. The molecule has 0 bridgehead atoms. The maximum absolute atomic E-state index is 11.7. The van der Waals surface area contributed by atoms with Crippen molar-refractivity contribution in [3.05, 3.63) is 35.9 Å². The van der Waals surface area contributed by atoms with Crippen LogP contribution in [0.3, 0.4) is 0 Å². The number of hydrogen-bond donors (Lipinski definition) is 1. The van der Waals surface area contributed by atoms with Crippen LogP contribution in [0.25, 0.3) is 0 Å². The zero-order chi connectivity index (χ0) is 11.0. The number of piperazine rings is 1. The standard InChI is InChI=1S/C12H14N2OS/c15-10-8-16-12-11(13-6-7-14(10)12)9-4-2-1-3-5-9/h1-5,11-13H,6-8H2. The highest BCUT2D eigenvalue weighted by molar-refractivity contribution is 8.01. The van der Waals surface area contributed by atoms with Gasteiger partial charge in [-0.3, -0.25) is 4.79 Å². The summed E-state index contributed by atoms with van der Waals surface area (Å²) in [6.07, 6.45) is 0. The van der Waals surface area contributed by atoms with Gasteiger partial charge in [0.1, 0.15) is 0 Å². The first-order valence-electron chi connectivity index (χ1n) is 5.56. The van der Waals surface area contributed by atoms with Crippen LogP contribution >= 0.6 is 11.8 Å². The summed E-state index contributed by atoms with van der Waals surface area (Å²) in [5, 5.41) is 3.79. The average Bonchev–Trinajstić information content (AvgIpc) is 2.73. The van der Waals surface area contributed by atoms with E-state index in [2.05, 4.69) is 29.6 Å². The highest BCUT2D eigenvalue weighted by Gasteiger charge is 2.39. The topological polar surface area (TPSA) is 32.3 Å². The number of nitrogens with one attached hydrogen (secondary N) is 1. The average molecular weight is 234 g/mol. The summed E-state index contributed by atoms with van der Waals surface area (Å²) in [7, 11) is 0. The number of thioether (sulfide) groups is 1. The molecule has 2 fully saturated rings. The van der Waals surface area contributed by atoms with E-state index >= 15 is 0 Å². The Labute approximate surface area is 99.2 Å². The first-order valence-corrected chi connectivity index (χ1v) is 6.60. The fourth-order valence-electron chi connectivity index (χ4n) is 2.38. The molecule has 2 heterocycles. The Balaban J connectivity index is 1.88. The monoisotopic (exact) mass is 234 g/mol. The van der Waals surface area contributed by atoms with Crippen molar-refractivity contribution in [2.24, 2.45) is 0 Å². The second kappa shape index (κ2) is 4.11. The largest absolute Gasteiger partial charge is 0.327 e. The molecule has 1 aromatic carbocycles. The lowest BCUT2D eigenvalue weighted by Crippen LogP contribution is -2.50. The summed E-state index contributed by atoms with van der Waals surface area (Å²) < 4.78 is 0. The van der Waals surface area contributed by atoms with Gasteiger partial charge in [-0.15, -0.1) is 11.8 Å². The predicted molar refractivity (Wildman–Crippen MR) is 65.1 cm³/mol. The molecule has 1 N–H and O–H groups in total. The molecule has 3 nitrogen and oxygen atoms in total. The van der Waals surface area contributed by atoms with Crippen LogP contribution in [-0.4, -0.2) is 35.0 Å². The lowest BCUT2D eigenvalue weighted by Gasteiger charge is -2.37. The smallest absolute Gasteiger partial charge is 0.233 e. The lowest BCUT2D eigenvalue weighted by molar-refractivity contribution is -0.129. The molecule has 2 saturated heterocycles. The molecule has 0 saturated carbocycles. The Bertz CT molecular complexity index is 395. The van der Waals surface area contributed by atoms with Gasteiger partial charge in [-0.05, 0) is 5.56 Å². The Kier molecular flexibility index (Phi) is 2.61. The minimum Gasteiger partial charge on any atom is -0.327 e. The Morgan fingerprint density at radius 2 is 2.12 bits per heavy atom. The van der Waals surface area contributed by atoms with Crippen LogP contribution in [0.15, 0.2) is 30.3 Å². The van der Waals surface area contributed by atoms with Crippen LogP contribution in [-0.2, 0) is 4.79 Å². The fourth-order valence-corrected chi connectivity index (χ4v) is 3.71. The quantitative estimate of drug-likeness (QED) is 0.793. The van der Waals surface area contributed by atoms with Crippen LogP contribution in [0, 0.1) is 0 Å². The van der Waals surface area contributed by atoms with Crippen molar-refractivity contribution in [3.63, 3.8) is 0 Å². The second-order valence-electron chi connectivity index (χ2n) is 4.13. The van der Waals surface area contributed by atoms with E-state index in [1.165, 1.54) is 5.56 Å². The molecular weight excluding hydrogens is 220 g/mol. The number of fused-ring (bicyclic) bond motifs is 1. The first kappa shape index (κ1) is 10.2. The Morgan fingerprint density at radius 3 is 2.94 bits per heavy atom. The number of carbonyl (C=O) groups excluding carboxylic acids is 1. The molecular formula is C12H14N2OS. The maximum atomic E-state index is 11.7. The highest BCUT2D eigenvalue weighted by Crippen LogP contribution is 2.36. The molecule has 0 aliphatic carbocycles. The number of carbonyl (C=O) groups is 1. The van der Waals surface area contributed by atoms with Crippen LogP contribution < -0.4 is 5.32 Å². The van der Waals surface area contributed by atoms with Crippen molar-refractivity contribution in [2.45, 2.75) is 11.4 Å². The molecule has 0 spiro atoms. The molecule has 4 heteroatoms. The van der Waals surface area contributed by atoms with Crippen LogP contribution in [0.4, 0.5) is 0 Å². The molecule has 1 amide bonds. The summed E-state index contributed by atoms with van der Waals surface area (Å²) in [5.74, 6) is 0.924.